The number of rotatable bonds is 16. The number of aryl methyl sites for hydroxylation is 8. The largest absolute Gasteiger partial charge is 0.395 e. The molecule has 5 N–H and O–H groups in total. The molecule has 17 aromatic heterocycles. The maximum atomic E-state index is 13.1. The van der Waals surface area contributed by atoms with Crippen molar-refractivity contribution in [3.8, 4) is 56.4 Å². The molecule has 0 bridgehead atoms. The van der Waals surface area contributed by atoms with Crippen LogP contribution in [0.15, 0.2) is 244 Å². The number of hydrogen-bond acceptors (Lipinski definition) is 24. The fourth-order valence-electron chi connectivity index (χ4n) is 21.9. The van der Waals surface area contributed by atoms with Gasteiger partial charge in [0.15, 0.2) is 0 Å². The summed E-state index contributed by atoms with van der Waals surface area (Å²) in [6.45, 7) is 26.3. The molecule has 0 aliphatic carbocycles. The van der Waals surface area contributed by atoms with Crippen LogP contribution in [0.4, 0.5) is 5.69 Å². The van der Waals surface area contributed by atoms with Crippen LogP contribution in [0.1, 0.15) is 152 Å². The quantitative estimate of drug-likeness (QED) is 0.0600. The molecule has 0 amide bonds. The second-order valence-corrected chi connectivity index (χ2v) is 40.5. The average Bonchev–Trinajstić information content (AvgIpc) is 1.56. The second kappa shape index (κ2) is 42.6. The van der Waals surface area contributed by atoms with Crippen LogP contribution >= 0.6 is 0 Å². The Morgan fingerprint density at radius 3 is 1.34 bits per heavy atom. The molecule has 5 fully saturated rings. The van der Waals surface area contributed by atoms with E-state index in [1.165, 1.54) is 22.3 Å². The number of hydrogen-bond donors (Lipinski definition) is 5. The van der Waals surface area contributed by atoms with E-state index in [1.54, 1.807) is 66.2 Å². The van der Waals surface area contributed by atoms with Crippen LogP contribution in [0, 0.1) is 34.6 Å². The highest BCUT2D eigenvalue weighted by molar-refractivity contribution is 5.86. The first kappa shape index (κ1) is 98.7. The summed E-state index contributed by atoms with van der Waals surface area (Å²) in [6.07, 6.45) is 32.2. The third-order valence-corrected chi connectivity index (χ3v) is 29.9. The molecule has 0 radical (unpaired) electrons. The normalized spacial score (nSPS) is 15.6. The molecular formula is C114H125N27O7. The SMILES string of the molecule is CC(C)N1CCC(c2ccc3nc(-c4ccc5nn(C)cc5c4)cc(=O)n3c2)CC1.Cc1cn2cc(-c3cc(=O)n4cc(C5CCNCC5)ccc4n3)cc(C)c2n1.Cc1cn2nc(-c3cc(=O)n4cc(N5CCC(NCCO)CC5)cc(C)c4n3)cc2c(C)n1.Cn1cc2cc(-c3cc(=O)n4cc(C5CCNCC5)ccc4n3)ccc2n1.Cn1ncc2cc(-c3cc(=O)n4cc(C5CCN(CCO)CC5)ccc4n3)ccc21. The van der Waals surface area contributed by atoms with E-state index >= 15 is 0 Å². The molecule has 25 rings (SSSR count). The predicted molar refractivity (Wildman–Crippen MR) is 580 cm³/mol. The van der Waals surface area contributed by atoms with Gasteiger partial charge in [-0.1, -0.05) is 42.5 Å². The van der Waals surface area contributed by atoms with Gasteiger partial charge in [-0.3, -0.25) is 65.0 Å². The number of aromatic nitrogens is 21. The van der Waals surface area contributed by atoms with E-state index < -0.39 is 0 Å². The molecular weight excluding hydrogens is 1860 g/mol. The number of aliphatic hydroxyl groups excluding tert-OH is 2. The van der Waals surface area contributed by atoms with Gasteiger partial charge in [-0.15, -0.1) is 0 Å². The number of β-amino-alcohol motifs (C(OH)–C–C–N with tert-alkyl or cyclic N) is 1. The van der Waals surface area contributed by atoms with E-state index in [4.69, 9.17) is 35.1 Å². The molecule has 22 heterocycles. The summed E-state index contributed by atoms with van der Waals surface area (Å²) in [7, 11) is 5.72. The number of aliphatic hydroxyl groups is 2. The van der Waals surface area contributed by atoms with Gasteiger partial charge in [0.2, 0.25) is 0 Å². The van der Waals surface area contributed by atoms with Crippen molar-refractivity contribution in [2.75, 3.05) is 96.7 Å². The molecule has 0 spiro atoms. The number of imidazole rings is 1. The maximum absolute atomic E-state index is 13.1. The Balaban J connectivity index is 0.000000109. The Bertz CT molecular complexity index is 8700. The van der Waals surface area contributed by atoms with Crippen LogP contribution in [-0.2, 0) is 21.1 Å². The van der Waals surface area contributed by atoms with Gasteiger partial charge in [0.05, 0.1) is 98.9 Å². The van der Waals surface area contributed by atoms with Gasteiger partial charge in [-0.2, -0.15) is 20.4 Å². The van der Waals surface area contributed by atoms with Crippen molar-refractivity contribution in [2.24, 2.45) is 21.1 Å². The summed E-state index contributed by atoms with van der Waals surface area (Å²) in [5, 5.41) is 49.1. The number of anilines is 1. The number of benzene rings is 3. The first-order chi connectivity index (χ1) is 71.8. The van der Waals surface area contributed by atoms with Crippen LogP contribution in [0.5, 0.6) is 0 Å². The van der Waals surface area contributed by atoms with Gasteiger partial charge in [-0.05, 0) is 301 Å². The van der Waals surface area contributed by atoms with Crippen molar-refractivity contribution in [1.82, 2.24) is 126 Å². The van der Waals surface area contributed by atoms with Crippen molar-refractivity contribution >= 4 is 77.8 Å². The number of nitrogens with zero attached hydrogens (tertiary/aromatic N) is 24. The highest BCUT2D eigenvalue weighted by Gasteiger charge is 2.28. The Hall–Kier alpha value is -15.3. The van der Waals surface area contributed by atoms with Crippen molar-refractivity contribution < 1.29 is 10.2 Å². The lowest BCUT2D eigenvalue weighted by molar-refractivity contribution is 0.164. The number of fused-ring (bicyclic) bond motifs is 10. The van der Waals surface area contributed by atoms with E-state index in [0.717, 1.165) is 236 Å². The summed E-state index contributed by atoms with van der Waals surface area (Å²) >= 11 is 0. The standard InChI is InChI=1S/C24H29N7O2.C24H27N5O.C23H25N5O2.C22H23N5O.C21H21N5O/c1-15-10-19(29-7-4-18(5-8-29)25-6-9-32)14-30-23(33)12-20(27-24(15)30)21-11-22-17(3)26-16(2)13-31(22)28-21;1-16(2)28-10-8-17(9-11-28)19-5-7-23-25-22(13-24(30)29(23)15-19)18-4-6-21-20(12-18)14-27(3)26-21;1-26-21-4-2-17(12-19(21)14-24-26)20-13-23(30)28-15-18(3-5-22(28)25-20)16-6-8-27(9-7-16)10-11-29;1-14-9-18(12-26-11-15(2)24-22(14)26)19-10-21(28)27-13-17(3-4-20(27)25-19)16-5-7-23-8-6-16;1-25-12-17-10-15(2-4-18(17)24-25)19-11-21(27)26-13-16(3-5-20(26)23-19)14-6-8-22-9-7-14/h10-14,18,25,32H,4-9H2,1-3H3;4-7,12-17H,8-11H2,1-3H3;2-5,12-16,29H,6-11H2,1H3;3-4,9-13,16,23H,5-8H2,1-2H3;2-5,10-14,22H,6-9H2,1H3. The molecule has 0 unspecified atom stereocenters. The van der Waals surface area contributed by atoms with E-state index in [9.17, 15) is 24.0 Å². The lowest BCUT2D eigenvalue weighted by atomic mass is 9.90. The zero-order chi connectivity index (χ0) is 102. The van der Waals surface area contributed by atoms with Crippen molar-refractivity contribution in [3.05, 3.63) is 322 Å². The number of piperidine rings is 5. The zero-order valence-corrected chi connectivity index (χ0v) is 85.4. The second-order valence-electron chi connectivity index (χ2n) is 40.5. The van der Waals surface area contributed by atoms with Gasteiger partial charge in [0.1, 0.15) is 39.6 Å². The zero-order valence-electron chi connectivity index (χ0n) is 85.4. The molecule has 0 atom stereocenters. The molecule has 0 saturated carbocycles. The van der Waals surface area contributed by atoms with Crippen LogP contribution in [0.25, 0.3) is 129 Å². The molecule has 5 saturated heterocycles. The lowest BCUT2D eigenvalue weighted by Gasteiger charge is -2.34. The smallest absolute Gasteiger partial charge is 0.258 e. The third kappa shape index (κ3) is 21.2. The Morgan fingerprint density at radius 2 is 0.845 bits per heavy atom. The monoisotopic (exact) mass is 1980 g/mol. The Morgan fingerprint density at radius 1 is 0.385 bits per heavy atom. The fourth-order valence-corrected chi connectivity index (χ4v) is 21.9. The van der Waals surface area contributed by atoms with Crippen LogP contribution in [-0.4, -0.2) is 224 Å². The van der Waals surface area contributed by atoms with Gasteiger partial charge in [0, 0.05) is 184 Å². The topological polar surface area (TPSA) is 359 Å². The Kier molecular flexibility index (Phi) is 28.4. The number of likely N-dealkylation sites (tertiary alicyclic amines) is 2. The predicted octanol–water partition coefficient (Wildman–Crippen LogP) is 13.9. The maximum Gasteiger partial charge on any atom is 0.258 e. The molecule has 20 aromatic rings. The molecule has 5 aliphatic heterocycles. The summed E-state index contributed by atoms with van der Waals surface area (Å²) in [5.74, 6) is 1.95. The first-order valence-electron chi connectivity index (χ1n) is 51.6. The van der Waals surface area contributed by atoms with E-state index in [1.807, 2.05) is 224 Å². The summed E-state index contributed by atoms with van der Waals surface area (Å²) in [4.78, 5) is 104. The van der Waals surface area contributed by atoms with Crippen LogP contribution < -0.4 is 48.6 Å². The molecule has 34 heteroatoms. The van der Waals surface area contributed by atoms with E-state index in [0.29, 0.717) is 105 Å². The highest BCUT2D eigenvalue weighted by atomic mass is 16.3. The molecule has 5 aliphatic rings. The van der Waals surface area contributed by atoms with E-state index in [2.05, 4.69) is 105 Å². The third-order valence-electron chi connectivity index (χ3n) is 29.9. The van der Waals surface area contributed by atoms with Crippen molar-refractivity contribution in [1.29, 1.82) is 0 Å². The number of nitrogens with one attached hydrogen (secondary N) is 3. The summed E-state index contributed by atoms with van der Waals surface area (Å²) in [6, 6.07) is 49.5. The highest BCUT2D eigenvalue weighted by Crippen LogP contribution is 2.36. The van der Waals surface area contributed by atoms with Crippen LogP contribution in [0.2, 0.25) is 0 Å². The Labute approximate surface area is 853 Å². The van der Waals surface area contributed by atoms with Gasteiger partial charge in [0.25, 0.3) is 27.8 Å². The molecule has 758 valence electrons. The molecule has 3 aromatic carbocycles. The molecule has 34 nitrogen and oxygen atoms in total. The minimum absolute atomic E-state index is 0.0391. The van der Waals surface area contributed by atoms with Gasteiger partial charge < -0.3 is 45.3 Å². The minimum atomic E-state index is -0.123. The number of pyridine rings is 6. The molecule has 148 heavy (non-hydrogen) atoms. The average molecular weight is 1990 g/mol. The first-order valence-corrected chi connectivity index (χ1v) is 51.6. The van der Waals surface area contributed by atoms with Crippen molar-refractivity contribution in [3.63, 3.8) is 0 Å². The van der Waals surface area contributed by atoms with E-state index in [-0.39, 0.29) is 41.0 Å². The van der Waals surface area contributed by atoms with Gasteiger partial charge in [-0.25, -0.2) is 34.4 Å². The summed E-state index contributed by atoms with van der Waals surface area (Å²) in [5.41, 5.74) is 26.1. The van der Waals surface area contributed by atoms with Crippen LogP contribution in [0.3, 0.4) is 0 Å². The fraction of sp³-hybridized carbons (Fsp3) is 0.351. The lowest BCUT2D eigenvalue weighted by Crippen LogP contribution is -2.43. The minimum Gasteiger partial charge on any atom is -0.395 e. The van der Waals surface area contributed by atoms with Gasteiger partial charge >= 0.3 is 0 Å². The van der Waals surface area contributed by atoms with Crippen molar-refractivity contribution in [2.45, 2.75) is 148 Å². The summed E-state index contributed by atoms with van der Waals surface area (Å²) < 4.78 is 17.5.